The number of nitrogen functional groups attached to an aromatic ring is 1. The minimum atomic E-state index is -0.446. The Kier molecular flexibility index (Phi) is 4.73. The van der Waals surface area contributed by atoms with Gasteiger partial charge in [0.05, 0.1) is 23.4 Å². The SMILES string of the molecule is COC(=O)c1cc(N)cc(Cl)c1N1CCC(CO)CC1. The fourth-order valence-corrected chi connectivity index (χ4v) is 2.89. The summed E-state index contributed by atoms with van der Waals surface area (Å²) in [5, 5.41) is 9.64. The number of anilines is 2. The van der Waals surface area contributed by atoms with Gasteiger partial charge in [-0.3, -0.25) is 0 Å². The molecule has 1 fully saturated rings. The Labute approximate surface area is 123 Å². The summed E-state index contributed by atoms with van der Waals surface area (Å²) in [7, 11) is 1.33. The smallest absolute Gasteiger partial charge is 0.340 e. The van der Waals surface area contributed by atoms with Crippen LogP contribution in [0, 0.1) is 5.92 Å². The van der Waals surface area contributed by atoms with E-state index in [0.717, 1.165) is 25.9 Å². The molecule has 1 aliphatic rings. The van der Waals surface area contributed by atoms with Crippen molar-refractivity contribution in [3.63, 3.8) is 0 Å². The number of hydrogen-bond donors (Lipinski definition) is 2. The third-order valence-corrected chi connectivity index (χ3v) is 3.97. The van der Waals surface area contributed by atoms with E-state index in [1.165, 1.54) is 7.11 Å². The number of carbonyl (C=O) groups is 1. The van der Waals surface area contributed by atoms with Crippen LogP contribution in [0.1, 0.15) is 23.2 Å². The Bertz CT molecular complexity index is 499. The highest BCUT2D eigenvalue weighted by atomic mass is 35.5. The second-order valence-electron chi connectivity index (χ2n) is 5.00. The largest absolute Gasteiger partial charge is 0.465 e. The number of benzene rings is 1. The molecule has 5 nitrogen and oxygen atoms in total. The minimum absolute atomic E-state index is 0.202. The molecule has 3 N–H and O–H groups in total. The molecule has 0 amide bonds. The zero-order chi connectivity index (χ0) is 14.7. The average molecular weight is 299 g/mol. The number of ether oxygens (including phenoxy) is 1. The molecule has 0 radical (unpaired) electrons. The van der Waals surface area contributed by atoms with E-state index in [0.29, 0.717) is 27.9 Å². The van der Waals surface area contributed by atoms with Crippen molar-refractivity contribution in [1.82, 2.24) is 0 Å². The summed E-state index contributed by atoms with van der Waals surface area (Å²) >= 11 is 6.26. The molecule has 0 aromatic heterocycles. The molecule has 0 unspecified atom stereocenters. The highest BCUT2D eigenvalue weighted by molar-refractivity contribution is 6.34. The lowest BCUT2D eigenvalue weighted by atomic mass is 9.96. The first-order valence-electron chi connectivity index (χ1n) is 6.60. The molecule has 6 heteroatoms. The number of aliphatic hydroxyl groups is 1. The first kappa shape index (κ1) is 14.9. The second-order valence-corrected chi connectivity index (χ2v) is 5.41. The number of aliphatic hydroxyl groups excluding tert-OH is 1. The fraction of sp³-hybridized carbons (Fsp3) is 0.500. The molecule has 1 saturated heterocycles. The van der Waals surface area contributed by atoms with Crippen LogP contribution in [0.4, 0.5) is 11.4 Å². The molecular formula is C14H19ClN2O3. The molecule has 0 spiro atoms. The van der Waals surface area contributed by atoms with Gasteiger partial charge in [0.25, 0.3) is 0 Å². The predicted molar refractivity (Wildman–Crippen MR) is 79.2 cm³/mol. The third kappa shape index (κ3) is 2.99. The lowest BCUT2D eigenvalue weighted by molar-refractivity contribution is 0.0601. The number of rotatable bonds is 3. The maximum absolute atomic E-state index is 11.9. The van der Waals surface area contributed by atoms with Crippen molar-refractivity contribution in [2.75, 3.05) is 37.4 Å². The summed E-state index contributed by atoms with van der Waals surface area (Å²) in [4.78, 5) is 14.0. The standard InChI is InChI=1S/C14H19ClN2O3/c1-20-14(19)11-6-10(16)7-12(15)13(11)17-4-2-9(8-18)3-5-17/h6-7,9,18H,2-5,8,16H2,1H3. The Morgan fingerprint density at radius 3 is 2.70 bits per heavy atom. The van der Waals surface area contributed by atoms with Crippen molar-refractivity contribution in [2.24, 2.45) is 5.92 Å². The molecule has 1 aromatic rings. The molecule has 1 aliphatic heterocycles. The number of nitrogens with zero attached hydrogens (tertiary/aromatic N) is 1. The molecule has 1 heterocycles. The molecule has 0 bridgehead atoms. The van der Waals surface area contributed by atoms with E-state index >= 15 is 0 Å². The highest BCUT2D eigenvalue weighted by Crippen LogP contribution is 2.35. The van der Waals surface area contributed by atoms with E-state index in [2.05, 4.69) is 4.90 Å². The summed E-state index contributed by atoms with van der Waals surface area (Å²) in [6.07, 6.45) is 1.75. The third-order valence-electron chi connectivity index (χ3n) is 3.68. The topological polar surface area (TPSA) is 75.8 Å². The van der Waals surface area contributed by atoms with Gasteiger partial charge in [0.2, 0.25) is 0 Å². The summed E-state index contributed by atoms with van der Waals surface area (Å²) in [6, 6.07) is 3.23. The van der Waals surface area contributed by atoms with Gasteiger partial charge in [-0.05, 0) is 30.9 Å². The predicted octanol–water partition coefficient (Wildman–Crippen LogP) is 1.92. The maximum atomic E-state index is 11.9. The summed E-state index contributed by atoms with van der Waals surface area (Å²) in [5.41, 5.74) is 7.24. The number of esters is 1. The van der Waals surface area contributed by atoms with Crippen molar-refractivity contribution in [3.05, 3.63) is 22.7 Å². The van der Waals surface area contributed by atoms with Gasteiger partial charge in [-0.15, -0.1) is 0 Å². The van der Waals surface area contributed by atoms with Gasteiger partial charge in [0.1, 0.15) is 0 Å². The highest BCUT2D eigenvalue weighted by Gasteiger charge is 2.25. The normalized spacial score (nSPS) is 16.2. The first-order chi connectivity index (χ1) is 9.56. The van der Waals surface area contributed by atoms with Gasteiger partial charge < -0.3 is 20.5 Å². The van der Waals surface area contributed by atoms with Crippen molar-refractivity contribution in [1.29, 1.82) is 0 Å². The number of nitrogens with two attached hydrogens (primary N) is 1. The molecule has 2 rings (SSSR count). The van der Waals surface area contributed by atoms with Gasteiger partial charge in [-0.1, -0.05) is 11.6 Å². The Hall–Kier alpha value is -1.46. The number of methoxy groups -OCH3 is 1. The van der Waals surface area contributed by atoms with Crippen LogP contribution in [0.3, 0.4) is 0 Å². The average Bonchev–Trinajstić information content (AvgIpc) is 2.46. The molecule has 0 atom stereocenters. The van der Waals surface area contributed by atoms with Gasteiger partial charge in [0.15, 0.2) is 0 Å². The lowest BCUT2D eigenvalue weighted by Gasteiger charge is -2.34. The summed E-state index contributed by atoms with van der Waals surface area (Å²) in [6.45, 7) is 1.70. The monoisotopic (exact) mass is 298 g/mol. The summed E-state index contributed by atoms with van der Waals surface area (Å²) in [5.74, 6) is -0.126. The van der Waals surface area contributed by atoms with E-state index in [-0.39, 0.29) is 6.61 Å². The van der Waals surface area contributed by atoms with Gasteiger partial charge in [-0.2, -0.15) is 0 Å². The molecular weight excluding hydrogens is 280 g/mol. The second kappa shape index (κ2) is 6.33. The summed E-state index contributed by atoms with van der Waals surface area (Å²) < 4.78 is 4.80. The number of carbonyl (C=O) groups excluding carboxylic acids is 1. The zero-order valence-corrected chi connectivity index (χ0v) is 12.2. The molecule has 0 aliphatic carbocycles. The first-order valence-corrected chi connectivity index (χ1v) is 6.97. The minimum Gasteiger partial charge on any atom is -0.465 e. The molecule has 1 aromatic carbocycles. The molecule has 0 saturated carbocycles. The Morgan fingerprint density at radius 2 is 2.15 bits per heavy atom. The van der Waals surface area contributed by atoms with Crippen LogP contribution < -0.4 is 10.6 Å². The molecule has 110 valence electrons. The van der Waals surface area contributed by atoms with Crippen LogP contribution in [0.25, 0.3) is 0 Å². The van der Waals surface area contributed by atoms with Gasteiger partial charge in [0, 0.05) is 25.4 Å². The van der Waals surface area contributed by atoms with Crippen LogP contribution >= 0.6 is 11.6 Å². The zero-order valence-electron chi connectivity index (χ0n) is 11.4. The van der Waals surface area contributed by atoms with Gasteiger partial charge in [-0.25, -0.2) is 4.79 Å². The number of hydrogen-bond acceptors (Lipinski definition) is 5. The van der Waals surface area contributed by atoms with Crippen molar-refractivity contribution in [2.45, 2.75) is 12.8 Å². The van der Waals surface area contributed by atoms with Crippen molar-refractivity contribution >= 4 is 28.9 Å². The van der Waals surface area contributed by atoms with Crippen LogP contribution in [-0.2, 0) is 4.74 Å². The van der Waals surface area contributed by atoms with Crippen LogP contribution in [0.15, 0.2) is 12.1 Å². The number of piperidine rings is 1. The van der Waals surface area contributed by atoms with Crippen LogP contribution in [0.2, 0.25) is 5.02 Å². The quantitative estimate of drug-likeness (QED) is 0.658. The van der Waals surface area contributed by atoms with E-state index in [9.17, 15) is 9.90 Å². The van der Waals surface area contributed by atoms with E-state index < -0.39 is 5.97 Å². The molecule has 20 heavy (non-hydrogen) atoms. The van der Waals surface area contributed by atoms with Gasteiger partial charge >= 0.3 is 5.97 Å². The maximum Gasteiger partial charge on any atom is 0.340 e. The van der Waals surface area contributed by atoms with E-state index in [1.54, 1.807) is 12.1 Å². The fourth-order valence-electron chi connectivity index (χ4n) is 2.55. The Balaban J connectivity index is 2.33. The number of halogens is 1. The van der Waals surface area contributed by atoms with Crippen molar-refractivity contribution < 1.29 is 14.6 Å². The van der Waals surface area contributed by atoms with E-state index in [1.807, 2.05) is 0 Å². The van der Waals surface area contributed by atoms with Crippen LogP contribution in [0.5, 0.6) is 0 Å². The Morgan fingerprint density at radius 1 is 1.50 bits per heavy atom. The lowest BCUT2D eigenvalue weighted by Crippen LogP contribution is -2.36. The van der Waals surface area contributed by atoms with Crippen LogP contribution in [-0.4, -0.2) is 37.9 Å². The van der Waals surface area contributed by atoms with E-state index in [4.69, 9.17) is 22.1 Å². The van der Waals surface area contributed by atoms with Crippen molar-refractivity contribution in [3.8, 4) is 0 Å².